The summed E-state index contributed by atoms with van der Waals surface area (Å²) in [6, 6.07) is 17.1. The van der Waals surface area contributed by atoms with Gasteiger partial charge in [-0.15, -0.1) is 0 Å². The first-order valence-electron chi connectivity index (χ1n) is 6.56. The van der Waals surface area contributed by atoms with Crippen molar-refractivity contribution in [2.45, 2.75) is 6.42 Å². The van der Waals surface area contributed by atoms with Crippen molar-refractivity contribution in [2.24, 2.45) is 0 Å². The van der Waals surface area contributed by atoms with Crippen LogP contribution in [-0.4, -0.2) is 21.1 Å². The van der Waals surface area contributed by atoms with E-state index in [1.807, 2.05) is 7.05 Å². The Morgan fingerprint density at radius 3 is 2.58 bits per heavy atom. The predicted octanol–water partition coefficient (Wildman–Crippen LogP) is 3.59. The molecule has 99 valence electrons. The van der Waals surface area contributed by atoms with E-state index < -0.39 is 0 Å². The highest BCUT2D eigenvalue weighted by molar-refractivity contribution is 5.50. The van der Waals surface area contributed by atoms with Crippen molar-refractivity contribution in [3.05, 3.63) is 66.1 Å². The minimum absolute atomic E-state index is 0.951. The fourth-order valence-electron chi connectivity index (χ4n) is 2.02. The highest BCUT2D eigenvalue weighted by Crippen LogP contribution is 2.17. The number of benzene rings is 2. The summed E-state index contributed by atoms with van der Waals surface area (Å²) in [7, 11) is 6.08. The summed E-state index contributed by atoms with van der Waals surface area (Å²) >= 11 is 0. The third-order valence-electron chi connectivity index (χ3n) is 3.18. The van der Waals surface area contributed by atoms with Gasteiger partial charge in [-0.1, -0.05) is 24.3 Å². The molecule has 2 heteroatoms. The van der Waals surface area contributed by atoms with E-state index in [0.29, 0.717) is 0 Å². The molecule has 0 bridgehead atoms. The van der Waals surface area contributed by atoms with Crippen molar-refractivity contribution in [1.82, 2.24) is 0 Å². The number of anilines is 2. The standard InChI is InChI=1S/C17H21N2/c1-18-16-8-4-6-14(12-16)10-11-15-7-5-9-17(13-15)19(2)3/h4-9,11-13,18H,10H2,1-3H3. The third-order valence-corrected chi connectivity index (χ3v) is 3.18. The zero-order valence-corrected chi connectivity index (χ0v) is 11.9. The maximum atomic E-state index is 3.17. The van der Waals surface area contributed by atoms with Gasteiger partial charge < -0.3 is 10.2 Å². The van der Waals surface area contributed by atoms with Crippen molar-refractivity contribution in [3.63, 3.8) is 0 Å². The average Bonchev–Trinajstić information content (AvgIpc) is 2.45. The molecule has 1 radical (unpaired) electrons. The maximum absolute atomic E-state index is 3.17. The Kier molecular flexibility index (Phi) is 4.45. The van der Waals surface area contributed by atoms with Crippen LogP contribution in [0.5, 0.6) is 0 Å². The van der Waals surface area contributed by atoms with Crippen molar-refractivity contribution in [2.75, 3.05) is 31.4 Å². The van der Waals surface area contributed by atoms with Crippen LogP contribution in [0.2, 0.25) is 0 Å². The molecule has 19 heavy (non-hydrogen) atoms. The van der Waals surface area contributed by atoms with Gasteiger partial charge in [-0.25, -0.2) is 0 Å². The van der Waals surface area contributed by atoms with Gasteiger partial charge in [0.05, 0.1) is 0 Å². The van der Waals surface area contributed by atoms with Crippen LogP contribution in [0.15, 0.2) is 48.5 Å². The second-order valence-electron chi connectivity index (χ2n) is 4.85. The normalized spacial score (nSPS) is 10.3. The van der Waals surface area contributed by atoms with Gasteiger partial charge in [0, 0.05) is 32.5 Å². The van der Waals surface area contributed by atoms with Gasteiger partial charge in [-0.2, -0.15) is 0 Å². The van der Waals surface area contributed by atoms with E-state index in [4.69, 9.17) is 0 Å². The van der Waals surface area contributed by atoms with Crippen molar-refractivity contribution in [1.29, 1.82) is 0 Å². The molecule has 0 heterocycles. The van der Waals surface area contributed by atoms with Gasteiger partial charge in [-0.3, -0.25) is 0 Å². The molecule has 2 rings (SSSR count). The Morgan fingerprint density at radius 1 is 1.05 bits per heavy atom. The molecule has 0 spiro atoms. The summed E-state index contributed by atoms with van der Waals surface area (Å²) < 4.78 is 0. The third kappa shape index (κ3) is 3.75. The van der Waals surface area contributed by atoms with Gasteiger partial charge in [0.1, 0.15) is 0 Å². The van der Waals surface area contributed by atoms with Crippen LogP contribution < -0.4 is 10.2 Å². The first kappa shape index (κ1) is 13.5. The summed E-state index contributed by atoms with van der Waals surface area (Å²) in [5.74, 6) is 0. The lowest BCUT2D eigenvalue weighted by atomic mass is 10.0. The fraction of sp³-hybridized carbons (Fsp3) is 0.235. The zero-order valence-electron chi connectivity index (χ0n) is 11.9. The molecular formula is C17H21N2. The minimum atomic E-state index is 0.951. The summed E-state index contributed by atoms with van der Waals surface area (Å²) in [5, 5.41) is 3.17. The lowest BCUT2D eigenvalue weighted by molar-refractivity contribution is 1.12. The minimum Gasteiger partial charge on any atom is -0.388 e. The summed E-state index contributed by atoms with van der Waals surface area (Å²) in [5.41, 5.74) is 4.98. The molecule has 0 saturated carbocycles. The number of nitrogens with one attached hydrogen (secondary N) is 1. The van der Waals surface area contributed by atoms with Crippen LogP contribution in [0.3, 0.4) is 0 Å². The van der Waals surface area contributed by atoms with Crippen molar-refractivity contribution < 1.29 is 0 Å². The Morgan fingerprint density at radius 2 is 1.84 bits per heavy atom. The zero-order chi connectivity index (χ0) is 13.7. The monoisotopic (exact) mass is 253 g/mol. The Hall–Kier alpha value is -1.96. The largest absolute Gasteiger partial charge is 0.388 e. The number of hydrogen-bond acceptors (Lipinski definition) is 2. The molecule has 0 aliphatic rings. The van der Waals surface area contributed by atoms with Gasteiger partial charge in [0.15, 0.2) is 0 Å². The molecule has 0 fully saturated rings. The van der Waals surface area contributed by atoms with E-state index in [0.717, 1.165) is 12.1 Å². The molecule has 1 N–H and O–H groups in total. The van der Waals surface area contributed by atoms with E-state index in [9.17, 15) is 0 Å². The van der Waals surface area contributed by atoms with E-state index in [1.165, 1.54) is 16.8 Å². The number of hydrogen-bond donors (Lipinski definition) is 1. The number of nitrogens with zero attached hydrogens (tertiary/aromatic N) is 1. The van der Waals surface area contributed by atoms with Crippen molar-refractivity contribution >= 4 is 11.4 Å². The van der Waals surface area contributed by atoms with Gasteiger partial charge in [-0.05, 0) is 48.2 Å². The topological polar surface area (TPSA) is 15.3 Å². The predicted molar refractivity (Wildman–Crippen MR) is 83.9 cm³/mol. The molecule has 0 aliphatic heterocycles. The lowest BCUT2D eigenvalue weighted by Gasteiger charge is -2.13. The number of rotatable bonds is 5. The van der Waals surface area contributed by atoms with Gasteiger partial charge in [0.2, 0.25) is 0 Å². The van der Waals surface area contributed by atoms with Crippen LogP contribution in [0.1, 0.15) is 11.1 Å². The molecular weight excluding hydrogens is 232 g/mol. The first-order valence-corrected chi connectivity index (χ1v) is 6.56. The molecule has 0 aromatic heterocycles. The molecule has 2 nitrogen and oxygen atoms in total. The Labute approximate surface area is 116 Å². The smallest absolute Gasteiger partial charge is 0.0363 e. The second kappa shape index (κ2) is 6.28. The van der Waals surface area contributed by atoms with Gasteiger partial charge >= 0.3 is 0 Å². The molecule has 0 aliphatic carbocycles. The Balaban J connectivity index is 2.03. The maximum Gasteiger partial charge on any atom is 0.0363 e. The molecule has 0 amide bonds. The average molecular weight is 253 g/mol. The van der Waals surface area contributed by atoms with Crippen LogP contribution in [0.4, 0.5) is 11.4 Å². The van der Waals surface area contributed by atoms with Crippen molar-refractivity contribution in [3.8, 4) is 0 Å². The Bertz CT molecular complexity index is 532. The van der Waals surface area contributed by atoms with Crippen LogP contribution in [0, 0.1) is 6.42 Å². The second-order valence-corrected chi connectivity index (χ2v) is 4.85. The summed E-state index contributed by atoms with van der Waals surface area (Å²) in [6.07, 6.45) is 3.22. The summed E-state index contributed by atoms with van der Waals surface area (Å²) in [4.78, 5) is 2.12. The van der Waals surface area contributed by atoms with Gasteiger partial charge in [0.25, 0.3) is 0 Å². The highest BCUT2D eigenvalue weighted by Gasteiger charge is 2.00. The van der Waals surface area contributed by atoms with Crippen LogP contribution in [0.25, 0.3) is 0 Å². The van der Waals surface area contributed by atoms with E-state index in [-0.39, 0.29) is 0 Å². The molecule has 2 aromatic carbocycles. The summed E-state index contributed by atoms with van der Waals surface area (Å²) in [6.45, 7) is 0. The first-order chi connectivity index (χ1) is 9.19. The van der Waals surface area contributed by atoms with Crippen LogP contribution >= 0.6 is 0 Å². The molecule has 2 aromatic rings. The van der Waals surface area contributed by atoms with Crippen LogP contribution in [-0.2, 0) is 6.42 Å². The molecule has 0 atom stereocenters. The highest BCUT2D eigenvalue weighted by atomic mass is 15.1. The fourth-order valence-corrected chi connectivity index (χ4v) is 2.02. The van der Waals surface area contributed by atoms with E-state index >= 15 is 0 Å². The molecule has 0 saturated heterocycles. The van der Waals surface area contributed by atoms with E-state index in [1.54, 1.807) is 0 Å². The lowest BCUT2D eigenvalue weighted by Crippen LogP contribution is -2.08. The quantitative estimate of drug-likeness (QED) is 0.876. The van der Waals surface area contributed by atoms with E-state index in [2.05, 4.69) is 79.3 Å². The molecule has 0 unspecified atom stereocenters. The SMILES string of the molecule is CNc1cccc(C[CH]c2cccc(N(C)C)c2)c1.